The monoisotopic (exact) mass is 258 g/mol. The predicted octanol–water partition coefficient (Wildman–Crippen LogP) is -0.798. The van der Waals surface area contributed by atoms with Crippen LogP contribution in [0.4, 0.5) is 0 Å². The number of aryl methyl sites for hydroxylation is 1. The molecule has 0 bridgehead atoms. The zero-order valence-corrected chi connectivity index (χ0v) is 10.1. The molecule has 0 aliphatic carbocycles. The molecule has 2 heterocycles. The Kier molecular flexibility index (Phi) is 3.41. The minimum atomic E-state index is -0.630. The lowest BCUT2D eigenvalue weighted by molar-refractivity contribution is 0.137. The van der Waals surface area contributed by atoms with Gasteiger partial charge in [0.05, 0.1) is 23.3 Å². The summed E-state index contributed by atoms with van der Waals surface area (Å²) < 4.78 is 1.40. The van der Waals surface area contributed by atoms with Gasteiger partial charge in [-0.05, 0) is 6.92 Å². The van der Waals surface area contributed by atoms with E-state index < -0.39 is 17.4 Å². The third kappa shape index (κ3) is 2.31. The second-order valence-electron chi connectivity index (χ2n) is 4.09. The number of hydrogen-bond acceptors (Lipinski definition) is 5. The molecule has 0 amide bonds. The highest BCUT2D eigenvalue weighted by Crippen LogP contribution is 2.40. The standard InChI is InChI=1S/C10H14N2O4S/c1-5-3-12(10(16)11-9(5)15)8-2-6(14)7(4-13)17-8/h3,6-8,13-14H,2,4H2,1H3,(H,11,15,16)/t6?,7-,8+/m0/s1. The summed E-state index contributed by atoms with van der Waals surface area (Å²) in [4.78, 5) is 25.1. The Balaban J connectivity index is 2.34. The van der Waals surface area contributed by atoms with Crippen LogP contribution in [0.5, 0.6) is 0 Å². The average molecular weight is 258 g/mol. The first-order valence-electron chi connectivity index (χ1n) is 5.29. The van der Waals surface area contributed by atoms with Crippen molar-refractivity contribution in [3.05, 3.63) is 32.6 Å². The second-order valence-corrected chi connectivity index (χ2v) is 5.52. The molecule has 17 heavy (non-hydrogen) atoms. The van der Waals surface area contributed by atoms with Gasteiger partial charge in [0.2, 0.25) is 0 Å². The molecular formula is C10H14N2O4S. The summed E-state index contributed by atoms with van der Waals surface area (Å²) in [5.74, 6) is 0. The van der Waals surface area contributed by atoms with Gasteiger partial charge in [0.15, 0.2) is 0 Å². The van der Waals surface area contributed by atoms with Crippen LogP contribution in [0.2, 0.25) is 0 Å². The van der Waals surface area contributed by atoms with E-state index in [4.69, 9.17) is 5.11 Å². The highest BCUT2D eigenvalue weighted by atomic mass is 32.2. The van der Waals surface area contributed by atoms with Crippen LogP contribution in [0.25, 0.3) is 0 Å². The number of aliphatic hydroxyl groups excluding tert-OH is 2. The van der Waals surface area contributed by atoms with Gasteiger partial charge in [0, 0.05) is 18.2 Å². The van der Waals surface area contributed by atoms with Gasteiger partial charge in [-0.3, -0.25) is 14.3 Å². The second kappa shape index (κ2) is 4.67. The molecule has 1 unspecified atom stereocenters. The number of aliphatic hydroxyl groups is 2. The maximum absolute atomic E-state index is 11.6. The van der Waals surface area contributed by atoms with Gasteiger partial charge in [-0.25, -0.2) is 4.79 Å². The molecule has 0 radical (unpaired) electrons. The maximum atomic E-state index is 11.6. The highest BCUT2D eigenvalue weighted by molar-refractivity contribution is 8.00. The number of thioether (sulfide) groups is 1. The Morgan fingerprint density at radius 1 is 1.59 bits per heavy atom. The maximum Gasteiger partial charge on any atom is 0.329 e. The number of aromatic nitrogens is 2. The molecule has 6 nitrogen and oxygen atoms in total. The molecule has 1 aliphatic rings. The Bertz CT molecular complexity index is 524. The number of hydrogen-bond donors (Lipinski definition) is 3. The topological polar surface area (TPSA) is 95.3 Å². The summed E-state index contributed by atoms with van der Waals surface area (Å²) in [5.41, 5.74) is -0.426. The van der Waals surface area contributed by atoms with Gasteiger partial charge in [0.1, 0.15) is 0 Å². The van der Waals surface area contributed by atoms with Crippen molar-refractivity contribution >= 4 is 11.8 Å². The summed E-state index contributed by atoms with van der Waals surface area (Å²) in [6.45, 7) is 1.49. The van der Waals surface area contributed by atoms with E-state index in [9.17, 15) is 14.7 Å². The van der Waals surface area contributed by atoms with Crippen molar-refractivity contribution in [1.29, 1.82) is 0 Å². The summed E-state index contributed by atoms with van der Waals surface area (Å²) in [5, 5.41) is 18.2. The first-order valence-corrected chi connectivity index (χ1v) is 6.23. The van der Waals surface area contributed by atoms with Crippen molar-refractivity contribution in [1.82, 2.24) is 9.55 Å². The molecule has 0 aromatic carbocycles. The van der Waals surface area contributed by atoms with Crippen molar-refractivity contribution in [2.45, 2.75) is 30.1 Å². The Morgan fingerprint density at radius 2 is 2.29 bits per heavy atom. The molecule has 1 aromatic heterocycles. The Hall–Kier alpha value is -1.05. The molecule has 1 aliphatic heterocycles. The van der Waals surface area contributed by atoms with E-state index in [2.05, 4.69) is 4.98 Å². The van der Waals surface area contributed by atoms with E-state index in [1.165, 1.54) is 22.5 Å². The minimum Gasteiger partial charge on any atom is -0.395 e. The van der Waals surface area contributed by atoms with Crippen molar-refractivity contribution in [3.8, 4) is 0 Å². The fourth-order valence-electron chi connectivity index (χ4n) is 1.85. The van der Waals surface area contributed by atoms with Gasteiger partial charge in [0.25, 0.3) is 5.56 Å². The van der Waals surface area contributed by atoms with Crippen molar-refractivity contribution in [2.75, 3.05) is 6.61 Å². The van der Waals surface area contributed by atoms with Gasteiger partial charge in [-0.1, -0.05) is 0 Å². The number of H-pyrrole nitrogens is 1. The number of rotatable bonds is 2. The fourth-order valence-corrected chi connectivity index (χ4v) is 3.23. The van der Waals surface area contributed by atoms with E-state index in [0.29, 0.717) is 12.0 Å². The third-order valence-electron chi connectivity index (χ3n) is 2.84. The number of aromatic amines is 1. The SMILES string of the molecule is Cc1cn([C@H]2CC(O)[C@H](CO)S2)c(=O)[nH]c1=O. The molecule has 1 aromatic rings. The summed E-state index contributed by atoms with van der Waals surface area (Å²) in [6.07, 6.45) is 1.25. The van der Waals surface area contributed by atoms with Crippen LogP contribution in [0.3, 0.4) is 0 Å². The molecule has 0 saturated carbocycles. The molecular weight excluding hydrogens is 244 g/mol. The minimum absolute atomic E-state index is 0.126. The van der Waals surface area contributed by atoms with Crippen molar-refractivity contribution in [2.24, 2.45) is 0 Å². The van der Waals surface area contributed by atoms with Crippen LogP contribution < -0.4 is 11.2 Å². The first kappa shape index (κ1) is 12.4. The van der Waals surface area contributed by atoms with Crippen molar-refractivity contribution in [3.63, 3.8) is 0 Å². The molecule has 94 valence electrons. The van der Waals surface area contributed by atoms with E-state index in [-0.39, 0.29) is 17.2 Å². The lowest BCUT2D eigenvalue weighted by atomic mass is 10.2. The number of nitrogens with one attached hydrogen (secondary N) is 1. The lowest BCUT2D eigenvalue weighted by Gasteiger charge is -2.13. The molecule has 0 spiro atoms. The normalized spacial score (nSPS) is 28.5. The zero-order chi connectivity index (χ0) is 12.6. The van der Waals surface area contributed by atoms with E-state index in [1.54, 1.807) is 6.92 Å². The third-order valence-corrected chi connectivity index (χ3v) is 4.39. The summed E-state index contributed by atoms with van der Waals surface area (Å²) in [6, 6.07) is 0. The van der Waals surface area contributed by atoms with Crippen molar-refractivity contribution < 1.29 is 10.2 Å². The Labute approximate surface area is 101 Å². The van der Waals surface area contributed by atoms with Gasteiger partial charge < -0.3 is 10.2 Å². The highest BCUT2D eigenvalue weighted by Gasteiger charge is 2.34. The van der Waals surface area contributed by atoms with E-state index in [1.807, 2.05) is 0 Å². The van der Waals surface area contributed by atoms with Crippen LogP contribution in [0.15, 0.2) is 15.8 Å². The fraction of sp³-hybridized carbons (Fsp3) is 0.600. The lowest BCUT2D eigenvalue weighted by Crippen LogP contribution is -2.32. The molecule has 7 heteroatoms. The largest absolute Gasteiger partial charge is 0.395 e. The molecule has 1 fully saturated rings. The number of nitrogens with zero attached hydrogens (tertiary/aromatic N) is 1. The van der Waals surface area contributed by atoms with Gasteiger partial charge in [-0.2, -0.15) is 0 Å². The van der Waals surface area contributed by atoms with Crippen LogP contribution in [0.1, 0.15) is 17.4 Å². The van der Waals surface area contributed by atoms with Gasteiger partial charge >= 0.3 is 5.69 Å². The molecule has 1 saturated heterocycles. The Morgan fingerprint density at radius 3 is 2.88 bits per heavy atom. The first-order chi connectivity index (χ1) is 8.02. The molecule has 3 N–H and O–H groups in total. The summed E-state index contributed by atoms with van der Waals surface area (Å²) in [7, 11) is 0. The average Bonchev–Trinajstić information content (AvgIpc) is 2.65. The predicted molar refractivity (Wildman–Crippen MR) is 64.2 cm³/mol. The van der Waals surface area contributed by atoms with Crippen LogP contribution in [-0.4, -0.2) is 37.7 Å². The quantitative estimate of drug-likeness (QED) is 0.645. The van der Waals surface area contributed by atoms with Gasteiger partial charge in [-0.15, -0.1) is 11.8 Å². The van der Waals surface area contributed by atoms with E-state index >= 15 is 0 Å². The smallest absolute Gasteiger partial charge is 0.329 e. The zero-order valence-electron chi connectivity index (χ0n) is 9.29. The summed E-state index contributed by atoms with van der Waals surface area (Å²) >= 11 is 1.34. The van der Waals surface area contributed by atoms with Crippen LogP contribution in [-0.2, 0) is 0 Å². The van der Waals surface area contributed by atoms with E-state index in [0.717, 1.165) is 0 Å². The molecule has 3 atom stereocenters. The van der Waals surface area contributed by atoms with Crippen LogP contribution in [0, 0.1) is 6.92 Å². The van der Waals surface area contributed by atoms with Crippen LogP contribution >= 0.6 is 11.8 Å². The molecule has 2 rings (SSSR count).